The molecule has 0 spiro atoms. The highest BCUT2D eigenvalue weighted by atomic mass is 79.9. The maximum Gasteiger partial charge on any atom is 0.330 e. The molecule has 88 valence electrons. The van der Waals surface area contributed by atoms with Crippen LogP contribution in [0.5, 0.6) is 5.75 Å². The van der Waals surface area contributed by atoms with E-state index in [-0.39, 0.29) is 10.8 Å². The maximum atomic E-state index is 10.7. The number of nitro benzene ring substituents is 1. The summed E-state index contributed by atoms with van der Waals surface area (Å²) in [5.41, 5.74) is 5.34. The highest BCUT2D eigenvalue weighted by Crippen LogP contribution is 2.41. The molecule has 0 aliphatic heterocycles. The number of halogens is 2. The van der Waals surface area contributed by atoms with E-state index in [9.17, 15) is 15.2 Å². The molecule has 1 aromatic rings. The van der Waals surface area contributed by atoms with Crippen molar-refractivity contribution in [2.45, 2.75) is 12.8 Å². The highest BCUT2D eigenvalue weighted by Gasteiger charge is 2.24. The number of nitrogens with two attached hydrogens (primary N) is 1. The summed E-state index contributed by atoms with van der Waals surface area (Å²) in [5.74, 6) is -0.383. The Hall–Kier alpha value is -0.850. The molecule has 0 bridgehead atoms. The van der Waals surface area contributed by atoms with Gasteiger partial charge in [0.2, 0.25) is 0 Å². The van der Waals surface area contributed by atoms with Crippen LogP contribution in [0.15, 0.2) is 10.5 Å². The third-order valence-corrected chi connectivity index (χ3v) is 3.32. The van der Waals surface area contributed by atoms with E-state index in [1.54, 1.807) is 6.07 Å². The number of hydrogen-bond acceptors (Lipinski definition) is 4. The number of rotatable bonds is 4. The Kier molecular flexibility index (Phi) is 4.52. The van der Waals surface area contributed by atoms with Gasteiger partial charge in [0.25, 0.3) is 0 Å². The third-order valence-electron chi connectivity index (χ3n) is 2.08. The molecule has 1 aromatic carbocycles. The van der Waals surface area contributed by atoms with Crippen LogP contribution in [0.2, 0.25) is 5.02 Å². The largest absolute Gasteiger partial charge is 0.502 e. The monoisotopic (exact) mass is 308 g/mol. The Labute approximate surface area is 105 Å². The van der Waals surface area contributed by atoms with Gasteiger partial charge in [-0.15, -0.1) is 0 Å². The molecule has 0 unspecified atom stereocenters. The van der Waals surface area contributed by atoms with E-state index in [1.165, 1.54) is 0 Å². The number of aryl methyl sites for hydroxylation is 1. The molecule has 0 heterocycles. The van der Waals surface area contributed by atoms with Crippen molar-refractivity contribution in [2.24, 2.45) is 5.73 Å². The minimum atomic E-state index is -0.700. The molecule has 7 heteroatoms. The summed E-state index contributed by atoms with van der Waals surface area (Å²) in [4.78, 5) is 10.0. The van der Waals surface area contributed by atoms with Gasteiger partial charge in [0.1, 0.15) is 5.02 Å². The van der Waals surface area contributed by atoms with Crippen LogP contribution in [0.3, 0.4) is 0 Å². The molecular formula is C9H10BrClN2O3. The Morgan fingerprint density at radius 2 is 2.25 bits per heavy atom. The number of phenols is 1. The first kappa shape index (κ1) is 13.2. The fourth-order valence-corrected chi connectivity index (χ4v) is 1.98. The van der Waals surface area contributed by atoms with Crippen LogP contribution in [-0.2, 0) is 6.42 Å². The highest BCUT2D eigenvalue weighted by molar-refractivity contribution is 9.10. The molecule has 0 aromatic heterocycles. The number of nitrogens with zero attached hydrogens (tertiary/aromatic N) is 1. The lowest BCUT2D eigenvalue weighted by atomic mass is 10.1. The van der Waals surface area contributed by atoms with E-state index in [4.69, 9.17) is 17.3 Å². The number of aromatic hydroxyl groups is 1. The fraction of sp³-hybridized carbons (Fsp3) is 0.333. The van der Waals surface area contributed by atoms with Crippen molar-refractivity contribution >= 4 is 33.2 Å². The first-order chi connectivity index (χ1) is 7.49. The molecule has 1 rings (SSSR count). The lowest BCUT2D eigenvalue weighted by Crippen LogP contribution is -2.01. The molecule has 0 saturated carbocycles. The van der Waals surface area contributed by atoms with Gasteiger partial charge < -0.3 is 10.8 Å². The fourth-order valence-electron chi connectivity index (χ4n) is 1.30. The number of nitro groups is 1. The SMILES string of the molecule is NCCCc1cc(Br)c(Cl)c([N+](=O)[O-])c1O. The van der Waals surface area contributed by atoms with Gasteiger partial charge in [-0.1, -0.05) is 11.6 Å². The topological polar surface area (TPSA) is 89.4 Å². The zero-order valence-corrected chi connectivity index (χ0v) is 10.6. The predicted molar refractivity (Wildman–Crippen MR) is 64.8 cm³/mol. The molecule has 0 aliphatic carbocycles. The standard InChI is InChI=1S/C9H10BrClN2O3/c10-6-4-5(2-1-3-12)9(14)8(7(6)11)13(15)16/h4,14H,1-3,12H2. The van der Waals surface area contributed by atoms with E-state index in [0.29, 0.717) is 29.4 Å². The van der Waals surface area contributed by atoms with Gasteiger partial charge in [-0.2, -0.15) is 0 Å². The first-order valence-electron chi connectivity index (χ1n) is 4.53. The third kappa shape index (κ3) is 2.63. The van der Waals surface area contributed by atoms with E-state index in [2.05, 4.69) is 15.9 Å². The van der Waals surface area contributed by atoms with E-state index in [0.717, 1.165) is 0 Å². The normalized spacial score (nSPS) is 10.4. The summed E-state index contributed by atoms with van der Waals surface area (Å²) >= 11 is 8.84. The van der Waals surface area contributed by atoms with Crippen molar-refractivity contribution in [3.8, 4) is 5.75 Å². The molecular weight excluding hydrogens is 299 g/mol. The smallest absolute Gasteiger partial charge is 0.330 e. The lowest BCUT2D eigenvalue weighted by molar-refractivity contribution is -0.385. The summed E-state index contributed by atoms with van der Waals surface area (Å²) in [5, 5.41) is 20.3. The molecule has 0 fully saturated rings. The van der Waals surface area contributed by atoms with Gasteiger partial charge in [-0.3, -0.25) is 10.1 Å². The Morgan fingerprint density at radius 3 is 2.75 bits per heavy atom. The van der Waals surface area contributed by atoms with Crippen LogP contribution in [0.1, 0.15) is 12.0 Å². The molecule has 16 heavy (non-hydrogen) atoms. The minimum Gasteiger partial charge on any atom is -0.502 e. The maximum absolute atomic E-state index is 10.7. The van der Waals surface area contributed by atoms with Gasteiger partial charge in [-0.05, 0) is 41.4 Å². The molecule has 0 radical (unpaired) electrons. The van der Waals surface area contributed by atoms with Crippen LogP contribution >= 0.6 is 27.5 Å². The zero-order chi connectivity index (χ0) is 12.3. The number of benzene rings is 1. The van der Waals surface area contributed by atoms with Crippen LogP contribution < -0.4 is 5.73 Å². The second-order valence-electron chi connectivity index (χ2n) is 3.18. The lowest BCUT2D eigenvalue weighted by Gasteiger charge is -2.07. The summed E-state index contributed by atoms with van der Waals surface area (Å²) in [7, 11) is 0. The number of hydrogen-bond donors (Lipinski definition) is 2. The molecule has 0 aliphatic rings. The van der Waals surface area contributed by atoms with Crippen LogP contribution in [-0.4, -0.2) is 16.6 Å². The summed E-state index contributed by atoms with van der Waals surface area (Å²) in [6.45, 7) is 0.452. The second kappa shape index (κ2) is 5.47. The van der Waals surface area contributed by atoms with Crippen LogP contribution in [0.4, 0.5) is 5.69 Å². The molecule has 0 atom stereocenters. The van der Waals surface area contributed by atoms with E-state index < -0.39 is 10.6 Å². The summed E-state index contributed by atoms with van der Waals surface area (Å²) in [6.07, 6.45) is 1.11. The van der Waals surface area contributed by atoms with Crippen molar-refractivity contribution < 1.29 is 10.0 Å². The Bertz CT molecular complexity index is 426. The Balaban J connectivity index is 3.27. The summed E-state index contributed by atoms with van der Waals surface area (Å²) in [6, 6.07) is 1.57. The quantitative estimate of drug-likeness (QED) is 0.661. The van der Waals surface area contributed by atoms with Gasteiger partial charge in [-0.25, -0.2) is 0 Å². The summed E-state index contributed by atoms with van der Waals surface area (Å²) < 4.78 is 0.394. The van der Waals surface area contributed by atoms with Crippen molar-refractivity contribution in [1.29, 1.82) is 0 Å². The first-order valence-corrected chi connectivity index (χ1v) is 5.70. The van der Waals surface area contributed by atoms with Crippen molar-refractivity contribution in [3.05, 3.63) is 31.2 Å². The Morgan fingerprint density at radius 1 is 1.62 bits per heavy atom. The van der Waals surface area contributed by atoms with Gasteiger partial charge in [0.15, 0.2) is 5.75 Å². The van der Waals surface area contributed by atoms with Crippen LogP contribution in [0, 0.1) is 10.1 Å². The molecule has 0 amide bonds. The predicted octanol–water partition coefficient (Wildman–Crippen LogP) is 2.61. The van der Waals surface area contributed by atoms with E-state index in [1.807, 2.05) is 0 Å². The van der Waals surface area contributed by atoms with Gasteiger partial charge >= 0.3 is 5.69 Å². The molecule has 3 N–H and O–H groups in total. The minimum absolute atomic E-state index is 0.0981. The average Bonchev–Trinajstić information content (AvgIpc) is 2.21. The molecule has 5 nitrogen and oxygen atoms in total. The van der Waals surface area contributed by atoms with Gasteiger partial charge in [0.05, 0.1) is 4.92 Å². The number of phenolic OH excluding ortho intramolecular Hbond substituents is 1. The second-order valence-corrected chi connectivity index (χ2v) is 4.41. The van der Waals surface area contributed by atoms with Crippen molar-refractivity contribution in [1.82, 2.24) is 0 Å². The van der Waals surface area contributed by atoms with Crippen LogP contribution in [0.25, 0.3) is 0 Å². The zero-order valence-electron chi connectivity index (χ0n) is 8.24. The van der Waals surface area contributed by atoms with Gasteiger partial charge in [0, 0.05) is 10.0 Å². The van der Waals surface area contributed by atoms with Crippen molar-refractivity contribution in [2.75, 3.05) is 6.54 Å². The van der Waals surface area contributed by atoms with E-state index >= 15 is 0 Å². The molecule has 0 saturated heterocycles. The average molecular weight is 310 g/mol. The van der Waals surface area contributed by atoms with Crippen molar-refractivity contribution in [3.63, 3.8) is 0 Å².